The average molecular weight is 246 g/mol. The molecule has 0 aromatic carbocycles. The summed E-state index contributed by atoms with van der Waals surface area (Å²) in [5.74, 6) is -1.85. The van der Waals surface area contributed by atoms with Crippen molar-refractivity contribution >= 4 is 12.1 Å². The Balaban J connectivity index is 4.84. The number of hydrogen-bond acceptors (Lipinski definition) is 5. The summed E-state index contributed by atoms with van der Waals surface area (Å²) in [5.41, 5.74) is -1.92. The van der Waals surface area contributed by atoms with Crippen LogP contribution in [-0.4, -0.2) is 45.2 Å². The summed E-state index contributed by atoms with van der Waals surface area (Å²) >= 11 is 0. The summed E-state index contributed by atoms with van der Waals surface area (Å²) in [7, 11) is 0. The van der Waals surface area contributed by atoms with Gasteiger partial charge in [0.05, 0.1) is 12.2 Å². The van der Waals surface area contributed by atoms with Gasteiger partial charge in [-0.15, -0.1) is 0 Å². The second-order valence-electron chi connectivity index (χ2n) is 4.96. The molecule has 0 fully saturated rings. The molecular formula is C12H22O5. The molecule has 0 bridgehead atoms. The van der Waals surface area contributed by atoms with E-state index in [9.17, 15) is 24.9 Å². The number of carbonyl (C=O) groups excluding carboxylic acids is 2. The number of aliphatic hydroxyl groups is 3. The van der Waals surface area contributed by atoms with E-state index >= 15 is 0 Å². The lowest BCUT2D eigenvalue weighted by atomic mass is 9.80. The van der Waals surface area contributed by atoms with Gasteiger partial charge < -0.3 is 20.1 Å². The van der Waals surface area contributed by atoms with Crippen LogP contribution in [0.15, 0.2) is 0 Å². The quantitative estimate of drug-likeness (QED) is 0.546. The fourth-order valence-electron chi connectivity index (χ4n) is 1.73. The fourth-order valence-corrected chi connectivity index (χ4v) is 1.73. The SMILES string of the molecule is CC(C)[C@H](O)[C@@](C)(O)C(=O)[C@@H](C)C(O)CC=O. The molecule has 3 N–H and O–H groups in total. The van der Waals surface area contributed by atoms with Gasteiger partial charge in [-0.05, 0) is 12.8 Å². The molecule has 17 heavy (non-hydrogen) atoms. The molecule has 4 atom stereocenters. The minimum absolute atomic E-state index is 0.166. The van der Waals surface area contributed by atoms with E-state index in [4.69, 9.17) is 0 Å². The maximum absolute atomic E-state index is 11.9. The van der Waals surface area contributed by atoms with E-state index in [-0.39, 0.29) is 12.3 Å². The Bertz CT molecular complexity index is 272. The molecule has 0 spiro atoms. The van der Waals surface area contributed by atoms with Crippen molar-refractivity contribution in [3.63, 3.8) is 0 Å². The van der Waals surface area contributed by atoms with Crippen LogP contribution in [0.25, 0.3) is 0 Å². The predicted molar refractivity (Wildman–Crippen MR) is 62.3 cm³/mol. The third-order valence-corrected chi connectivity index (χ3v) is 3.03. The second kappa shape index (κ2) is 6.23. The highest BCUT2D eigenvalue weighted by Gasteiger charge is 2.43. The van der Waals surface area contributed by atoms with Gasteiger partial charge in [0.2, 0.25) is 0 Å². The maximum atomic E-state index is 11.9. The van der Waals surface area contributed by atoms with Gasteiger partial charge in [0.15, 0.2) is 5.78 Å². The molecule has 5 nitrogen and oxygen atoms in total. The molecule has 0 saturated heterocycles. The molecule has 0 aliphatic heterocycles. The zero-order valence-electron chi connectivity index (χ0n) is 10.8. The number of carbonyl (C=O) groups is 2. The summed E-state index contributed by atoms with van der Waals surface area (Å²) in [6, 6.07) is 0. The van der Waals surface area contributed by atoms with Crippen molar-refractivity contribution in [3.8, 4) is 0 Å². The van der Waals surface area contributed by atoms with Gasteiger partial charge in [0.25, 0.3) is 0 Å². The lowest BCUT2D eigenvalue weighted by Crippen LogP contribution is -2.53. The molecular weight excluding hydrogens is 224 g/mol. The van der Waals surface area contributed by atoms with Gasteiger partial charge in [-0.2, -0.15) is 0 Å². The number of aliphatic hydroxyl groups excluding tert-OH is 2. The first-order valence-electron chi connectivity index (χ1n) is 5.72. The van der Waals surface area contributed by atoms with Gasteiger partial charge in [0, 0.05) is 12.3 Å². The molecule has 1 unspecified atom stereocenters. The number of aldehydes is 1. The Morgan fingerprint density at radius 1 is 1.29 bits per heavy atom. The van der Waals surface area contributed by atoms with E-state index in [0.29, 0.717) is 6.29 Å². The Kier molecular flexibility index (Phi) is 5.95. The lowest BCUT2D eigenvalue weighted by Gasteiger charge is -2.33. The van der Waals surface area contributed by atoms with Crippen LogP contribution in [0.1, 0.15) is 34.1 Å². The molecule has 0 aliphatic carbocycles. The number of rotatable bonds is 7. The molecule has 5 heteroatoms. The van der Waals surface area contributed by atoms with Crippen LogP contribution in [0, 0.1) is 11.8 Å². The van der Waals surface area contributed by atoms with Gasteiger partial charge in [-0.1, -0.05) is 20.8 Å². The van der Waals surface area contributed by atoms with Crippen molar-refractivity contribution in [2.45, 2.75) is 51.9 Å². The largest absolute Gasteiger partial charge is 0.392 e. The van der Waals surface area contributed by atoms with Crippen LogP contribution in [0.3, 0.4) is 0 Å². The van der Waals surface area contributed by atoms with Crippen molar-refractivity contribution < 1.29 is 24.9 Å². The monoisotopic (exact) mass is 246 g/mol. The molecule has 0 aliphatic rings. The Labute approximate surface area is 101 Å². The Hall–Kier alpha value is -0.780. The average Bonchev–Trinajstić information content (AvgIpc) is 2.25. The highest BCUT2D eigenvalue weighted by atomic mass is 16.3. The smallest absolute Gasteiger partial charge is 0.172 e. The maximum Gasteiger partial charge on any atom is 0.172 e. The Morgan fingerprint density at radius 2 is 1.76 bits per heavy atom. The van der Waals surface area contributed by atoms with Gasteiger partial charge in [-0.25, -0.2) is 0 Å². The van der Waals surface area contributed by atoms with Crippen LogP contribution >= 0.6 is 0 Å². The zero-order chi connectivity index (χ0) is 13.8. The normalized spacial score (nSPS) is 20.5. The third kappa shape index (κ3) is 3.87. The van der Waals surface area contributed by atoms with E-state index < -0.39 is 29.5 Å². The van der Waals surface area contributed by atoms with Crippen molar-refractivity contribution in [1.29, 1.82) is 0 Å². The van der Waals surface area contributed by atoms with Crippen LogP contribution in [0.4, 0.5) is 0 Å². The third-order valence-electron chi connectivity index (χ3n) is 3.03. The van der Waals surface area contributed by atoms with Crippen molar-refractivity contribution in [3.05, 3.63) is 0 Å². The minimum atomic E-state index is -1.92. The van der Waals surface area contributed by atoms with E-state index in [1.54, 1.807) is 13.8 Å². The van der Waals surface area contributed by atoms with E-state index in [0.717, 1.165) is 0 Å². The highest BCUT2D eigenvalue weighted by Crippen LogP contribution is 2.24. The van der Waals surface area contributed by atoms with Crippen molar-refractivity contribution in [2.24, 2.45) is 11.8 Å². The van der Waals surface area contributed by atoms with Crippen LogP contribution in [0.2, 0.25) is 0 Å². The van der Waals surface area contributed by atoms with E-state index in [1.807, 2.05) is 0 Å². The second-order valence-corrected chi connectivity index (χ2v) is 4.96. The van der Waals surface area contributed by atoms with Gasteiger partial charge >= 0.3 is 0 Å². The molecule has 0 rings (SSSR count). The van der Waals surface area contributed by atoms with Crippen LogP contribution in [0.5, 0.6) is 0 Å². The minimum Gasteiger partial charge on any atom is -0.392 e. The number of Topliss-reactive ketones (excluding diaryl/α,β-unsaturated/α-hetero) is 1. The van der Waals surface area contributed by atoms with Crippen molar-refractivity contribution in [2.75, 3.05) is 0 Å². The van der Waals surface area contributed by atoms with E-state index in [2.05, 4.69) is 0 Å². The first-order chi connectivity index (χ1) is 7.66. The number of hydrogen-bond donors (Lipinski definition) is 3. The summed E-state index contributed by atoms with van der Waals surface area (Å²) in [6.07, 6.45) is -1.99. The highest BCUT2D eigenvalue weighted by molar-refractivity contribution is 5.89. The standard InChI is InChI=1S/C12H22O5/c1-7(2)10(15)12(4,17)11(16)8(3)9(14)5-6-13/h6-10,14-15,17H,5H2,1-4H3/t8-,9?,10-,12+/m0/s1. The molecule has 0 saturated carbocycles. The molecule has 0 radical (unpaired) electrons. The van der Waals surface area contributed by atoms with Crippen LogP contribution in [-0.2, 0) is 9.59 Å². The van der Waals surface area contributed by atoms with Crippen LogP contribution < -0.4 is 0 Å². The van der Waals surface area contributed by atoms with Gasteiger partial charge in [0.1, 0.15) is 11.9 Å². The summed E-state index contributed by atoms with van der Waals surface area (Å²) in [4.78, 5) is 22.2. The predicted octanol–water partition coefficient (Wildman–Crippen LogP) is -0.0906. The molecule has 0 amide bonds. The lowest BCUT2D eigenvalue weighted by molar-refractivity contribution is -0.158. The molecule has 0 heterocycles. The summed E-state index contributed by atoms with van der Waals surface area (Å²) in [6.45, 7) is 6.01. The van der Waals surface area contributed by atoms with Gasteiger partial charge in [-0.3, -0.25) is 4.79 Å². The molecule has 100 valence electrons. The fraction of sp³-hybridized carbons (Fsp3) is 0.833. The van der Waals surface area contributed by atoms with Crippen molar-refractivity contribution in [1.82, 2.24) is 0 Å². The first kappa shape index (κ1) is 16.2. The topological polar surface area (TPSA) is 94.8 Å². The summed E-state index contributed by atoms with van der Waals surface area (Å²) < 4.78 is 0. The summed E-state index contributed by atoms with van der Waals surface area (Å²) in [5, 5.41) is 29.3. The Morgan fingerprint density at radius 3 is 2.12 bits per heavy atom. The molecule has 0 aromatic heterocycles. The zero-order valence-corrected chi connectivity index (χ0v) is 10.8. The molecule has 0 aromatic rings. The first-order valence-corrected chi connectivity index (χ1v) is 5.72. The van der Waals surface area contributed by atoms with E-state index in [1.165, 1.54) is 13.8 Å². The number of ketones is 1.